The Kier molecular flexibility index (Phi) is 3.80. The molecule has 2 rings (SSSR count). The molecule has 4 nitrogen and oxygen atoms in total. The maximum Gasteiger partial charge on any atom is 0.251 e. The molecule has 1 fully saturated rings. The Hall–Kier alpha value is -1.55. The van der Waals surface area contributed by atoms with Crippen molar-refractivity contribution in [3.63, 3.8) is 0 Å². The van der Waals surface area contributed by atoms with Gasteiger partial charge >= 0.3 is 0 Å². The molecule has 0 aromatic heterocycles. The van der Waals surface area contributed by atoms with E-state index in [2.05, 4.69) is 5.32 Å². The predicted octanol–water partition coefficient (Wildman–Crippen LogP) is 1.78. The molecule has 0 atom stereocenters. The summed E-state index contributed by atoms with van der Waals surface area (Å²) in [7, 11) is 1.64. The van der Waals surface area contributed by atoms with Gasteiger partial charge in [0.15, 0.2) is 0 Å². The molecule has 3 N–H and O–H groups in total. The van der Waals surface area contributed by atoms with E-state index in [9.17, 15) is 4.79 Å². The van der Waals surface area contributed by atoms with Crippen LogP contribution in [0.3, 0.4) is 0 Å². The molecule has 19 heavy (non-hydrogen) atoms. The van der Waals surface area contributed by atoms with Gasteiger partial charge in [-0.3, -0.25) is 4.79 Å². The number of aryl methyl sites for hydroxylation is 2. The first-order valence-electron chi connectivity index (χ1n) is 6.65. The fourth-order valence-electron chi connectivity index (χ4n) is 2.25. The number of rotatable bonds is 5. The van der Waals surface area contributed by atoms with E-state index in [4.69, 9.17) is 10.5 Å². The minimum Gasteiger partial charge on any atom is -0.496 e. The minimum absolute atomic E-state index is 0.0250. The molecule has 0 radical (unpaired) electrons. The first-order chi connectivity index (χ1) is 9.01. The van der Waals surface area contributed by atoms with Gasteiger partial charge in [-0.15, -0.1) is 0 Å². The highest BCUT2D eigenvalue weighted by Gasteiger charge is 2.41. The summed E-state index contributed by atoms with van der Waals surface area (Å²) in [4.78, 5) is 12.2. The Morgan fingerprint density at radius 2 is 2.05 bits per heavy atom. The molecule has 1 aromatic rings. The number of amides is 1. The molecular formula is C15H22N2O2. The molecule has 0 aliphatic heterocycles. The van der Waals surface area contributed by atoms with Crippen molar-refractivity contribution in [2.24, 2.45) is 11.1 Å². The minimum atomic E-state index is -0.0250. The molecule has 0 spiro atoms. The van der Waals surface area contributed by atoms with E-state index in [-0.39, 0.29) is 11.3 Å². The van der Waals surface area contributed by atoms with Gasteiger partial charge in [0, 0.05) is 17.5 Å². The lowest BCUT2D eigenvalue weighted by molar-refractivity contribution is 0.0944. The van der Waals surface area contributed by atoms with Crippen LogP contribution >= 0.6 is 0 Å². The van der Waals surface area contributed by atoms with Crippen LogP contribution in [0.4, 0.5) is 0 Å². The Balaban J connectivity index is 2.08. The summed E-state index contributed by atoms with van der Waals surface area (Å²) in [5, 5.41) is 3.00. The lowest BCUT2D eigenvalue weighted by Gasteiger charge is -2.15. The van der Waals surface area contributed by atoms with E-state index in [1.807, 2.05) is 26.0 Å². The number of ether oxygens (including phenoxy) is 1. The highest BCUT2D eigenvalue weighted by Crippen LogP contribution is 2.43. The quantitative estimate of drug-likeness (QED) is 0.850. The van der Waals surface area contributed by atoms with Gasteiger partial charge in [0.2, 0.25) is 0 Å². The lowest BCUT2D eigenvalue weighted by Crippen LogP contribution is -2.34. The van der Waals surface area contributed by atoms with Crippen LogP contribution in [0.5, 0.6) is 5.75 Å². The van der Waals surface area contributed by atoms with Crippen LogP contribution in [0.15, 0.2) is 12.1 Å². The Morgan fingerprint density at radius 3 is 2.58 bits per heavy atom. The fourth-order valence-corrected chi connectivity index (χ4v) is 2.25. The number of methoxy groups -OCH3 is 1. The van der Waals surface area contributed by atoms with E-state index < -0.39 is 0 Å². The summed E-state index contributed by atoms with van der Waals surface area (Å²) >= 11 is 0. The molecule has 0 heterocycles. The molecule has 1 saturated carbocycles. The number of nitrogens with two attached hydrogens (primary N) is 1. The normalized spacial score (nSPS) is 16.0. The standard InChI is InChI=1S/C15H22N2O2/c1-10-7-13(19-3)11(2)6-12(10)14(18)17-9-15(8-16)4-5-15/h6-7H,4-5,8-9,16H2,1-3H3,(H,17,18). The van der Waals surface area contributed by atoms with E-state index in [0.29, 0.717) is 18.7 Å². The van der Waals surface area contributed by atoms with Gasteiger partial charge in [-0.05, 0) is 56.5 Å². The maximum absolute atomic E-state index is 12.2. The fraction of sp³-hybridized carbons (Fsp3) is 0.533. The highest BCUT2D eigenvalue weighted by molar-refractivity contribution is 5.96. The van der Waals surface area contributed by atoms with Gasteiger partial charge in [-0.2, -0.15) is 0 Å². The smallest absolute Gasteiger partial charge is 0.251 e. The third kappa shape index (κ3) is 2.89. The molecule has 4 heteroatoms. The monoisotopic (exact) mass is 262 g/mol. The van der Waals surface area contributed by atoms with Crippen LogP contribution in [0.2, 0.25) is 0 Å². The molecule has 0 saturated heterocycles. The summed E-state index contributed by atoms with van der Waals surface area (Å²) in [6.07, 6.45) is 2.23. The molecule has 1 amide bonds. The van der Waals surface area contributed by atoms with Crippen LogP contribution in [0, 0.1) is 19.3 Å². The molecule has 1 aliphatic carbocycles. The second-order valence-electron chi connectivity index (χ2n) is 5.52. The van der Waals surface area contributed by atoms with Crippen molar-refractivity contribution in [3.8, 4) is 5.75 Å². The average Bonchev–Trinajstić information content (AvgIpc) is 3.19. The predicted molar refractivity (Wildman–Crippen MR) is 75.5 cm³/mol. The highest BCUT2D eigenvalue weighted by atomic mass is 16.5. The van der Waals surface area contributed by atoms with Crippen LogP contribution in [0.25, 0.3) is 0 Å². The van der Waals surface area contributed by atoms with Crippen molar-refractivity contribution in [2.75, 3.05) is 20.2 Å². The van der Waals surface area contributed by atoms with E-state index in [1.165, 1.54) is 0 Å². The molecule has 104 valence electrons. The van der Waals surface area contributed by atoms with Crippen molar-refractivity contribution in [3.05, 3.63) is 28.8 Å². The van der Waals surface area contributed by atoms with Crippen molar-refractivity contribution in [1.82, 2.24) is 5.32 Å². The van der Waals surface area contributed by atoms with Crippen molar-refractivity contribution in [1.29, 1.82) is 0 Å². The van der Waals surface area contributed by atoms with E-state index in [1.54, 1.807) is 7.11 Å². The van der Waals surface area contributed by atoms with E-state index >= 15 is 0 Å². The SMILES string of the molecule is COc1cc(C)c(C(=O)NCC2(CN)CC2)cc1C. The third-order valence-corrected chi connectivity index (χ3v) is 4.00. The number of carbonyl (C=O) groups is 1. The topological polar surface area (TPSA) is 64.3 Å². The van der Waals surface area contributed by atoms with Crippen LogP contribution in [-0.4, -0.2) is 26.1 Å². The number of hydrogen-bond acceptors (Lipinski definition) is 3. The summed E-state index contributed by atoms with van der Waals surface area (Å²) in [6, 6.07) is 3.78. The number of benzene rings is 1. The largest absolute Gasteiger partial charge is 0.496 e. The molecular weight excluding hydrogens is 240 g/mol. The van der Waals surface area contributed by atoms with Crippen LogP contribution in [-0.2, 0) is 0 Å². The Bertz CT molecular complexity index is 493. The number of carbonyl (C=O) groups excluding carboxylic acids is 1. The second kappa shape index (κ2) is 5.21. The van der Waals surface area contributed by atoms with Gasteiger partial charge in [-0.25, -0.2) is 0 Å². The first-order valence-corrected chi connectivity index (χ1v) is 6.65. The Labute approximate surface area is 114 Å². The third-order valence-electron chi connectivity index (χ3n) is 4.00. The summed E-state index contributed by atoms with van der Waals surface area (Å²) in [5.74, 6) is 0.789. The molecule has 1 aliphatic rings. The lowest BCUT2D eigenvalue weighted by atomic mass is 10.0. The van der Waals surface area contributed by atoms with Crippen LogP contribution in [0.1, 0.15) is 34.3 Å². The van der Waals surface area contributed by atoms with Gasteiger partial charge in [0.25, 0.3) is 5.91 Å². The first kappa shape index (κ1) is 13.9. The molecule has 1 aromatic carbocycles. The van der Waals surface area contributed by atoms with Crippen molar-refractivity contribution in [2.45, 2.75) is 26.7 Å². The second-order valence-corrected chi connectivity index (χ2v) is 5.52. The molecule has 0 unspecified atom stereocenters. The zero-order valence-corrected chi connectivity index (χ0v) is 11.9. The van der Waals surface area contributed by atoms with Crippen molar-refractivity contribution < 1.29 is 9.53 Å². The number of hydrogen-bond donors (Lipinski definition) is 2. The van der Waals surface area contributed by atoms with E-state index in [0.717, 1.165) is 29.7 Å². The van der Waals surface area contributed by atoms with Gasteiger partial charge in [-0.1, -0.05) is 0 Å². The zero-order valence-electron chi connectivity index (χ0n) is 11.9. The Morgan fingerprint density at radius 1 is 1.37 bits per heavy atom. The summed E-state index contributed by atoms with van der Waals surface area (Å²) in [5.41, 5.74) is 8.49. The zero-order chi connectivity index (χ0) is 14.0. The summed E-state index contributed by atoms with van der Waals surface area (Å²) in [6.45, 7) is 5.19. The van der Waals surface area contributed by atoms with Gasteiger partial charge in [0.05, 0.1) is 7.11 Å². The van der Waals surface area contributed by atoms with Gasteiger partial charge < -0.3 is 15.8 Å². The maximum atomic E-state index is 12.2. The van der Waals surface area contributed by atoms with Crippen LogP contribution < -0.4 is 15.8 Å². The average molecular weight is 262 g/mol. The van der Waals surface area contributed by atoms with Gasteiger partial charge in [0.1, 0.15) is 5.75 Å². The molecule has 0 bridgehead atoms. The number of nitrogens with one attached hydrogen (secondary N) is 1. The summed E-state index contributed by atoms with van der Waals surface area (Å²) < 4.78 is 5.25. The van der Waals surface area contributed by atoms with Crippen molar-refractivity contribution >= 4 is 5.91 Å².